The van der Waals surface area contributed by atoms with Gasteiger partial charge in [-0.1, -0.05) is 26.0 Å². The first-order valence-electron chi connectivity index (χ1n) is 12.9. The van der Waals surface area contributed by atoms with Gasteiger partial charge in [-0.05, 0) is 72.7 Å². The van der Waals surface area contributed by atoms with Gasteiger partial charge in [-0.25, -0.2) is 9.59 Å². The van der Waals surface area contributed by atoms with Crippen LogP contribution in [0.1, 0.15) is 62.6 Å². The zero-order valence-corrected chi connectivity index (χ0v) is 21.4. The van der Waals surface area contributed by atoms with Crippen LogP contribution in [-0.2, 0) is 19.4 Å². The number of fused-ring (bicyclic) bond motifs is 4. The van der Waals surface area contributed by atoms with E-state index in [0.717, 1.165) is 11.8 Å². The van der Waals surface area contributed by atoms with Gasteiger partial charge in [-0.15, -0.1) is 0 Å². The van der Waals surface area contributed by atoms with Crippen molar-refractivity contribution in [2.24, 2.45) is 11.8 Å². The summed E-state index contributed by atoms with van der Waals surface area (Å²) in [7, 11) is 0. The molecule has 196 valence electrons. The van der Waals surface area contributed by atoms with Gasteiger partial charge in [0.1, 0.15) is 0 Å². The van der Waals surface area contributed by atoms with Crippen molar-refractivity contribution in [3.8, 4) is 0 Å². The topological polar surface area (TPSA) is 129 Å². The summed E-state index contributed by atoms with van der Waals surface area (Å²) in [6.45, 7) is 4.20. The summed E-state index contributed by atoms with van der Waals surface area (Å²) in [5.74, 6) is -2.07. The Balaban J connectivity index is 1.66. The number of benzene rings is 2. The molecular weight excluding hydrogens is 496 g/mol. The Labute approximate surface area is 222 Å². The van der Waals surface area contributed by atoms with Crippen LogP contribution >= 0.6 is 0 Å². The number of aromatic amines is 1. The number of allylic oxidation sites excluding steroid dienone is 2. The summed E-state index contributed by atoms with van der Waals surface area (Å²) in [6, 6.07) is 7.48. The zero-order chi connectivity index (χ0) is 27.6. The molecule has 2 atom stereocenters. The molecule has 0 spiro atoms. The molecule has 2 aliphatic carbocycles. The van der Waals surface area contributed by atoms with Crippen molar-refractivity contribution in [3.63, 3.8) is 0 Å². The van der Waals surface area contributed by atoms with E-state index in [0.29, 0.717) is 57.0 Å². The smallest absolute Gasteiger partial charge is 0.335 e. The fraction of sp³-hybridized carbons (Fsp3) is 0.226. The average Bonchev–Trinajstić information content (AvgIpc) is 2.91. The van der Waals surface area contributed by atoms with E-state index in [4.69, 9.17) is 0 Å². The van der Waals surface area contributed by atoms with Crippen LogP contribution in [0, 0.1) is 11.8 Å². The third-order valence-corrected chi connectivity index (χ3v) is 7.71. The number of nitrogens with zero attached hydrogens (tertiary/aromatic N) is 1. The summed E-state index contributed by atoms with van der Waals surface area (Å²) in [5, 5.41) is 20.1. The highest BCUT2D eigenvalue weighted by molar-refractivity contribution is 5.97. The molecule has 2 unspecified atom stereocenters. The second kappa shape index (κ2) is 8.94. The number of aromatic nitrogens is 2. The van der Waals surface area contributed by atoms with Crippen molar-refractivity contribution >= 4 is 45.9 Å². The molecular formula is C31H26N2O6. The molecule has 2 aromatic carbocycles. The standard InChI is InChI=1S/C31H26N2O6/c1-15-3-5-24-20(7-15)28(34)21-13-27-23(12-25(21)32-24)29(35)22-8-16(2)4-6-26(22)33(27)14-17-9-18(30(36)37)11-19(10-17)31(38)39/h3-6,9-13,15-16H,7-8,14H2,1-2H3,(H,32,34)(H,36,37)(H,38,39). The minimum Gasteiger partial charge on any atom is -0.478 e. The Morgan fingerprint density at radius 2 is 1.46 bits per heavy atom. The molecule has 4 aromatic rings. The Bertz CT molecular complexity index is 1890. The molecule has 0 saturated heterocycles. The van der Waals surface area contributed by atoms with E-state index in [1.165, 1.54) is 12.1 Å². The third-order valence-electron chi connectivity index (χ3n) is 7.71. The van der Waals surface area contributed by atoms with E-state index in [-0.39, 0.29) is 40.4 Å². The minimum absolute atomic E-state index is 0.0845. The predicted octanol–water partition coefficient (Wildman–Crippen LogP) is 4.70. The van der Waals surface area contributed by atoms with Crippen LogP contribution in [0.2, 0.25) is 0 Å². The Hall–Kier alpha value is -4.72. The highest BCUT2D eigenvalue weighted by Crippen LogP contribution is 2.29. The Morgan fingerprint density at radius 3 is 2.13 bits per heavy atom. The van der Waals surface area contributed by atoms with Crippen LogP contribution in [0.4, 0.5) is 0 Å². The van der Waals surface area contributed by atoms with Crippen molar-refractivity contribution in [1.29, 1.82) is 0 Å². The summed E-state index contributed by atoms with van der Waals surface area (Å²) >= 11 is 0. The maximum absolute atomic E-state index is 13.8. The largest absolute Gasteiger partial charge is 0.478 e. The first kappa shape index (κ1) is 24.6. The number of pyridine rings is 2. The fourth-order valence-corrected chi connectivity index (χ4v) is 5.77. The van der Waals surface area contributed by atoms with Crippen LogP contribution in [0.5, 0.6) is 0 Å². The van der Waals surface area contributed by atoms with E-state index in [1.54, 1.807) is 12.1 Å². The number of H-pyrrole nitrogens is 1. The van der Waals surface area contributed by atoms with Crippen LogP contribution in [-0.4, -0.2) is 31.7 Å². The van der Waals surface area contributed by atoms with Gasteiger partial charge >= 0.3 is 11.9 Å². The Morgan fingerprint density at radius 1 is 0.846 bits per heavy atom. The number of rotatable bonds is 4. The van der Waals surface area contributed by atoms with Gasteiger partial charge in [0.25, 0.3) is 0 Å². The SMILES string of the molecule is CC1C=Cc2[nH]c3cc4c(=O)c5c(n(Cc6cc(C(=O)O)cc(C(=O)O)c6)c4cc3c(=O)c2C1)C=CC(C)C5. The van der Waals surface area contributed by atoms with Crippen LogP contribution < -0.4 is 10.9 Å². The van der Waals surface area contributed by atoms with E-state index < -0.39 is 11.9 Å². The van der Waals surface area contributed by atoms with Gasteiger partial charge in [0, 0.05) is 39.8 Å². The molecule has 0 saturated carbocycles. The lowest BCUT2D eigenvalue weighted by Gasteiger charge is -2.24. The molecule has 2 heterocycles. The van der Waals surface area contributed by atoms with Crippen molar-refractivity contribution in [1.82, 2.24) is 9.55 Å². The van der Waals surface area contributed by atoms with E-state index in [1.807, 2.05) is 29.7 Å². The summed E-state index contributed by atoms with van der Waals surface area (Å²) in [4.78, 5) is 54.2. The van der Waals surface area contributed by atoms with Crippen LogP contribution in [0.15, 0.2) is 52.1 Å². The van der Waals surface area contributed by atoms with Gasteiger partial charge < -0.3 is 19.8 Å². The lowest BCUT2D eigenvalue weighted by atomic mass is 9.90. The highest BCUT2D eigenvalue weighted by Gasteiger charge is 2.23. The number of carboxylic acid groups (broad SMARTS) is 2. The van der Waals surface area contributed by atoms with Gasteiger partial charge in [0.2, 0.25) is 0 Å². The van der Waals surface area contributed by atoms with Crippen molar-refractivity contribution in [3.05, 3.63) is 102 Å². The molecule has 8 heteroatoms. The summed E-state index contributed by atoms with van der Waals surface area (Å²) in [5.41, 5.74) is 3.89. The molecule has 2 aromatic heterocycles. The zero-order valence-electron chi connectivity index (χ0n) is 21.4. The number of aromatic carboxylic acids is 2. The monoisotopic (exact) mass is 522 g/mol. The Kier molecular flexibility index (Phi) is 5.64. The van der Waals surface area contributed by atoms with Gasteiger partial charge in [-0.2, -0.15) is 0 Å². The minimum atomic E-state index is -1.23. The number of carbonyl (C=O) groups is 2. The highest BCUT2D eigenvalue weighted by atomic mass is 16.4. The lowest BCUT2D eigenvalue weighted by Crippen LogP contribution is -2.24. The predicted molar refractivity (Wildman–Crippen MR) is 150 cm³/mol. The normalized spacial score (nSPS) is 17.8. The lowest BCUT2D eigenvalue weighted by molar-refractivity contribution is 0.0696. The number of carboxylic acids is 2. The van der Waals surface area contributed by atoms with Crippen molar-refractivity contribution in [2.75, 3.05) is 0 Å². The number of hydrogen-bond acceptors (Lipinski definition) is 4. The second-order valence-corrected chi connectivity index (χ2v) is 10.7. The number of nitrogens with one attached hydrogen (secondary N) is 1. The molecule has 0 radical (unpaired) electrons. The van der Waals surface area contributed by atoms with Gasteiger partial charge in [0.15, 0.2) is 10.9 Å². The maximum atomic E-state index is 13.8. The van der Waals surface area contributed by atoms with Gasteiger partial charge in [-0.3, -0.25) is 9.59 Å². The van der Waals surface area contributed by atoms with Crippen molar-refractivity contribution in [2.45, 2.75) is 33.2 Å². The molecule has 0 amide bonds. The third kappa shape index (κ3) is 4.09. The first-order chi connectivity index (χ1) is 18.6. The van der Waals surface area contributed by atoms with Crippen LogP contribution in [0.3, 0.4) is 0 Å². The molecule has 0 aliphatic heterocycles. The number of hydrogen-bond donors (Lipinski definition) is 3. The second-order valence-electron chi connectivity index (χ2n) is 10.7. The van der Waals surface area contributed by atoms with Crippen molar-refractivity contribution < 1.29 is 19.8 Å². The van der Waals surface area contributed by atoms with Gasteiger partial charge in [0.05, 0.1) is 22.2 Å². The molecule has 2 aliphatic rings. The maximum Gasteiger partial charge on any atom is 0.335 e. The fourth-order valence-electron chi connectivity index (χ4n) is 5.77. The van der Waals surface area contributed by atoms with E-state index in [9.17, 15) is 29.4 Å². The average molecular weight is 523 g/mol. The van der Waals surface area contributed by atoms with E-state index >= 15 is 0 Å². The molecule has 8 nitrogen and oxygen atoms in total. The quantitative estimate of drug-likeness (QED) is 0.333. The molecule has 3 N–H and O–H groups in total. The molecule has 39 heavy (non-hydrogen) atoms. The summed E-state index contributed by atoms with van der Waals surface area (Å²) < 4.78 is 1.89. The molecule has 0 fully saturated rings. The van der Waals surface area contributed by atoms with Crippen LogP contribution in [0.25, 0.3) is 34.0 Å². The molecule has 0 bridgehead atoms. The molecule has 6 rings (SSSR count). The first-order valence-corrected chi connectivity index (χ1v) is 12.9. The van der Waals surface area contributed by atoms with E-state index in [2.05, 4.69) is 18.0 Å². The summed E-state index contributed by atoms with van der Waals surface area (Å²) in [6.07, 6.45) is 9.03.